The van der Waals surface area contributed by atoms with Gasteiger partial charge in [0.1, 0.15) is 0 Å². The first-order chi connectivity index (χ1) is 4.91. The molecular formula is C9H24BFKP. The van der Waals surface area contributed by atoms with Crippen molar-refractivity contribution in [1.29, 1.82) is 0 Å². The molecule has 0 saturated heterocycles. The zero-order valence-corrected chi connectivity index (χ0v) is 13.1. The summed E-state index contributed by atoms with van der Waals surface area (Å²) < 4.78 is 0. The zero-order chi connectivity index (χ0) is 8.24. The average molecular weight is 232 g/mol. The smallest absolute Gasteiger partial charge is 1.00 e. The maximum atomic E-state index is 4.42. The van der Waals surface area contributed by atoms with Crippen LogP contribution in [-0.2, 0) is 0 Å². The Bertz CT molecular complexity index is 39.0. The van der Waals surface area contributed by atoms with Crippen LogP contribution in [0.3, 0.4) is 0 Å². The molecule has 76 valence electrons. The van der Waals surface area contributed by atoms with Crippen molar-refractivity contribution in [2.45, 2.75) is 59.8 Å². The van der Waals surface area contributed by atoms with Crippen LogP contribution in [0, 0.1) is 0 Å². The van der Waals surface area contributed by atoms with Crippen molar-refractivity contribution in [3.05, 3.63) is 0 Å². The predicted molar refractivity (Wildman–Crippen MR) is 61.2 cm³/mol. The van der Waals surface area contributed by atoms with Crippen molar-refractivity contribution in [3.63, 3.8) is 0 Å². The third kappa shape index (κ3) is 41.0. The van der Waals surface area contributed by atoms with E-state index in [9.17, 15) is 0 Å². The zero-order valence-electron chi connectivity index (χ0n) is 8.78. The summed E-state index contributed by atoms with van der Waals surface area (Å²) >= 11 is 0. The van der Waals surface area contributed by atoms with Gasteiger partial charge in [0.05, 0.1) is 7.57 Å². The van der Waals surface area contributed by atoms with Gasteiger partial charge in [0, 0.05) is 0 Å². The number of halogens is 1. The van der Waals surface area contributed by atoms with E-state index < -0.39 is 0 Å². The van der Waals surface area contributed by atoms with E-state index >= 15 is 0 Å². The van der Waals surface area contributed by atoms with Gasteiger partial charge in [0.2, 0.25) is 0 Å². The number of hydrogen-bond acceptors (Lipinski definition) is 0. The SMILES string of the molecule is C.C1CCCC1.CCC.[B]P.[F-].[K+]. The van der Waals surface area contributed by atoms with Gasteiger partial charge in [0.15, 0.2) is 0 Å². The molecule has 0 aromatic heterocycles. The summed E-state index contributed by atoms with van der Waals surface area (Å²) in [6.07, 6.45) is 8.75. The molecule has 13 heavy (non-hydrogen) atoms. The van der Waals surface area contributed by atoms with Crippen LogP contribution in [0.5, 0.6) is 0 Å². The molecule has 1 fully saturated rings. The number of hydrogen-bond donors (Lipinski definition) is 0. The molecule has 2 radical (unpaired) electrons. The summed E-state index contributed by atoms with van der Waals surface area (Å²) in [5.41, 5.74) is 0. The van der Waals surface area contributed by atoms with E-state index in [1.807, 2.05) is 9.12 Å². The minimum Gasteiger partial charge on any atom is -1.00 e. The number of rotatable bonds is 0. The molecular weight excluding hydrogens is 208 g/mol. The first-order valence-electron chi connectivity index (χ1n) is 4.25. The van der Waals surface area contributed by atoms with E-state index in [1.54, 1.807) is 0 Å². The molecule has 4 heteroatoms. The Morgan fingerprint density at radius 1 is 0.923 bits per heavy atom. The van der Waals surface area contributed by atoms with E-state index in [2.05, 4.69) is 21.4 Å². The van der Waals surface area contributed by atoms with E-state index in [0.717, 1.165) is 0 Å². The maximum Gasteiger partial charge on any atom is 1.00 e. The minimum atomic E-state index is 0. The monoisotopic (exact) mass is 232 g/mol. The molecule has 1 aliphatic rings. The first kappa shape index (κ1) is 29.4. The van der Waals surface area contributed by atoms with Gasteiger partial charge < -0.3 is 4.70 Å². The minimum absolute atomic E-state index is 0. The predicted octanol–water partition coefficient (Wildman–Crippen LogP) is -2.04. The van der Waals surface area contributed by atoms with E-state index in [1.165, 1.54) is 38.5 Å². The summed E-state index contributed by atoms with van der Waals surface area (Å²) in [4.78, 5) is 0. The van der Waals surface area contributed by atoms with Gasteiger partial charge >= 0.3 is 51.4 Å². The van der Waals surface area contributed by atoms with Crippen molar-refractivity contribution >= 4 is 16.7 Å². The molecule has 0 aromatic rings. The molecule has 0 aromatic carbocycles. The third-order valence-corrected chi connectivity index (χ3v) is 1.25. The van der Waals surface area contributed by atoms with Crippen molar-refractivity contribution < 1.29 is 56.1 Å². The quantitative estimate of drug-likeness (QED) is 0.333. The molecule has 1 unspecified atom stereocenters. The van der Waals surface area contributed by atoms with Gasteiger partial charge in [-0.25, -0.2) is 0 Å². The van der Waals surface area contributed by atoms with Gasteiger partial charge in [0.25, 0.3) is 0 Å². The Labute approximate surface area is 131 Å². The fraction of sp³-hybridized carbons (Fsp3) is 1.00. The largest absolute Gasteiger partial charge is 1.00 e. The van der Waals surface area contributed by atoms with Crippen LogP contribution in [0.4, 0.5) is 0 Å². The molecule has 1 aliphatic carbocycles. The molecule has 0 amide bonds. The Balaban J connectivity index is -0.0000000244. The Hall–Kier alpha value is 2.06. The van der Waals surface area contributed by atoms with Crippen LogP contribution in [-0.4, -0.2) is 7.57 Å². The molecule has 0 spiro atoms. The summed E-state index contributed by atoms with van der Waals surface area (Å²) in [6.45, 7) is 4.25. The molecule has 0 N–H and O–H groups in total. The van der Waals surface area contributed by atoms with Crippen LogP contribution in [0.25, 0.3) is 0 Å². The molecule has 0 heterocycles. The van der Waals surface area contributed by atoms with Crippen molar-refractivity contribution in [2.24, 2.45) is 0 Å². The summed E-state index contributed by atoms with van der Waals surface area (Å²) in [6, 6.07) is 0. The second-order valence-electron chi connectivity index (χ2n) is 2.47. The van der Waals surface area contributed by atoms with Gasteiger partial charge in [-0.15, -0.1) is 0 Å². The Kier molecular flexibility index (Phi) is 83.5. The van der Waals surface area contributed by atoms with Crippen molar-refractivity contribution in [3.8, 4) is 0 Å². The second kappa shape index (κ2) is 36.9. The summed E-state index contributed by atoms with van der Waals surface area (Å²) in [7, 11) is 6.33. The standard InChI is InChI=1S/C5H10.C3H8.CH4.BH2P.FH.K/c1-2-4-5-3-1;1-3-2;;1-2;;/h1-5H2;3H2,1-2H3;1H4;2H2;1H;/q;;;;;+1/p-1. The Morgan fingerprint density at radius 3 is 1.08 bits per heavy atom. The summed E-state index contributed by atoms with van der Waals surface area (Å²) in [5.74, 6) is 0. The average Bonchev–Trinajstić information content (AvgIpc) is 2.48. The molecule has 1 rings (SSSR count). The van der Waals surface area contributed by atoms with Crippen LogP contribution in [0.1, 0.15) is 59.8 Å². The Morgan fingerprint density at radius 2 is 1.00 bits per heavy atom. The van der Waals surface area contributed by atoms with Gasteiger partial charge in [-0.2, -0.15) is 9.12 Å². The van der Waals surface area contributed by atoms with Crippen LogP contribution in [0.15, 0.2) is 0 Å². The third-order valence-electron chi connectivity index (χ3n) is 1.25. The van der Waals surface area contributed by atoms with Crippen LogP contribution < -0.4 is 56.1 Å². The van der Waals surface area contributed by atoms with E-state index in [4.69, 9.17) is 0 Å². The summed E-state index contributed by atoms with van der Waals surface area (Å²) in [5, 5.41) is 0. The maximum absolute atomic E-state index is 4.42. The van der Waals surface area contributed by atoms with Crippen LogP contribution >= 0.6 is 9.12 Å². The molecule has 1 atom stereocenters. The van der Waals surface area contributed by atoms with Gasteiger partial charge in [-0.05, 0) is 0 Å². The van der Waals surface area contributed by atoms with Crippen molar-refractivity contribution in [2.75, 3.05) is 0 Å². The second-order valence-corrected chi connectivity index (χ2v) is 2.47. The molecule has 0 bridgehead atoms. The van der Waals surface area contributed by atoms with Gasteiger partial charge in [-0.1, -0.05) is 59.8 Å². The normalized spacial score (nSPS) is 11.0. The fourth-order valence-corrected chi connectivity index (χ4v) is 0.884. The first-order valence-corrected chi connectivity index (χ1v) is 4.91. The van der Waals surface area contributed by atoms with Gasteiger partial charge in [-0.3, -0.25) is 0 Å². The van der Waals surface area contributed by atoms with Crippen LogP contribution in [0.2, 0.25) is 0 Å². The molecule has 0 aliphatic heterocycles. The fourth-order valence-electron chi connectivity index (χ4n) is 0.884. The molecule has 0 nitrogen and oxygen atoms in total. The van der Waals surface area contributed by atoms with Crippen molar-refractivity contribution in [1.82, 2.24) is 0 Å². The van der Waals surface area contributed by atoms with E-state index in [0.29, 0.717) is 0 Å². The van der Waals surface area contributed by atoms with E-state index in [-0.39, 0.29) is 63.5 Å². The topological polar surface area (TPSA) is 0 Å². The molecule has 1 saturated carbocycles.